The van der Waals surface area contributed by atoms with Crippen molar-refractivity contribution in [2.24, 2.45) is 0 Å². The summed E-state index contributed by atoms with van der Waals surface area (Å²) in [6.07, 6.45) is 1.57. The van der Waals surface area contributed by atoms with Gasteiger partial charge in [-0.05, 0) is 79.4 Å². The molecule has 3 aromatic rings. The zero-order chi connectivity index (χ0) is 22.7. The van der Waals surface area contributed by atoms with Gasteiger partial charge in [0.1, 0.15) is 5.60 Å². The number of ether oxygens (including phenoxy) is 1. The van der Waals surface area contributed by atoms with E-state index in [-0.39, 0.29) is 6.54 Å². The van der Waals surface area contributed by atoms with Crippen LogP contribution in [0.25, 0.3) is 11.1 Å². The van der Waals surface area contributed by atoms with Crippen LogP contribution in [0.4, 0.5) is 0 Å². The molecule has 0 fully saturated rings. The van der Waals surface area contributed by atoms with Crippen molar-refractivity contribution in [1.82, 2.24) is 4.90 Å². The quantitative estimate of drug-likeness (QED) is 0.466. The Morgan fingerprint density at radius 2 is 1.84 bits per heavy atom. The Morgan fingerprint density at radius 3 is 2.56 bits per heavy atom. The Morgan fingerprint density at radius 1 is 1.09 bits per heavy atom. The lowest BCUT2D eigenvalue weighted by Crippen LogP contribution is -2.31. The number of aryl methyl sites for hydroxylation is 1. The van der Waals surface area contributed by atoms with Crippen LogP contribution in [-0.2, 0) is 21.7 Å². The summed E-state index contributed by atoms with van der Waals surface area (Å²) in [7, 11) is 1.83. The van der Waals surface area contributed by atoms with E-state index in [1.807, 2.05) is 36.2 Å². The van der Waals surface area contributed by atoms with Gasteiger partial charge in [0.25, 0.3) is 0 Å². The van der Waals surface area contributed by atoms with Crippen LogP contribution in [0, 0.1) is 6.92 Å². The van der Waals surface area contributed by atoms with Crippen molar-refractivity contribution < 1.29 is 14.6 Å². The predicted octanol–water partition coefficient (Wildman–Crippen LogP) is 5.89. The third-order valence-electron chi connectivity index (χ3n) is 6.15. The average molecular weight is 450 g/mol. The van der Waals surface area contributed by atoms with Crippen LogP contribution in [0.2, 0.25) is 5.02 Å². The molecule has 0 bridgehead atoms. The molecule has 0 spiro atoms. The molecule has 1 unspecified atom stereocenters. The first-order chi connectivity index (χ1) is 15.4. The summed E-state index contributed by atoms with van der Waals surface area (Å²) >= 11 is 6.16. The van der Waals surface area contributed by atoms with Gasteiger partial charge in [0.15, 0.2) is 0 Å². The van der Waals surface area contributed by atoms with Gasteiger partial charge in [-0.15, -0.1) is 0 Å². The number of carboxylic acids is 1. The number of nitrogens with zero attached hydrogens (tertiary/aromatic N) is 1. The molecule has 0 saturated carbocycles. The third-order valence-corrected chi connectivity index (χ3v) is 6.40. The zero-order valence-electron chi connectivity index (χ0n) is 18.5. The number of halogens is 1. The van der Waals surface area contributed by atoms with E-state index < -0.39 is 11.6 Å². The van der Waals surface area contributed by atoms with Crippen molar-refractivity contribution in [2.45, 2.75) is 32.0 Å². The Balaban J connectivity index is 1.66. The summed E-state index contributed by atoms with van der Waals surface area (Å²) < 4.78 is 6.54. The Hall–Kier alpha value is -2.66. The summed E-state index contributed by atoms with van der Waals surface area (Å²) in [5.41, 5.74) is 6.51. The fraction of sp³-hybridized carbons (Fsp3) is 0.296. The average Bonchev–Trinajstić information content (AvgIpc) is 3.12. The molecule has 4 nitrogen and oxygen atoms in total. The molecule has 4 rings (SSSR count). The fourth-order valence-electron chi connectivity index (χ4n) is 4.61. The summed E-state index contributed by atoms with van der Waals surface area (Å²) in [5.74, 6) is -0.814. The van der Waals surface area contributed by atoms with E-state index in [4.69, 9.17) is 21.4 Å². The van der Waals surface area contributed by atoms with E-state index in [9.17, 15) is 4.79 Å². The largest absolute Gasteiger partial charge is 0.480 e. The smallest absolute Gasteiger partial charge is 0.317 e. The highest BCUT2D eigenvalue weighted by Gasteiger charge is 2.41. The van der Waals surface area contributed by atoms with E-state index in [2.05, 4.69) is 49.4 Å². The molecular formula is C27H28ClNO3. The maximum atomic E-state index is 11.0. The van der Waals surface area contributed by atoms with Crippen LogP contribution in [0.3, 0.4) is 0 Å². The first kappa shape index (κ1) is 22.5. The molecule has 5 heteroatoms. The molecule has 0 amide bonds. The zero-order valence-corrected chi connectivity index (χ0v) is 19.2. The molecule has 1 aliphatic rings. The number of carbonyl (C=O) groups is 1. The molecule has 1 N–H and O–H groups in total. The van der Waals surface area contributed by atoms with Crippen molar-refractivity contribution in [3.8, 4) is 11.1 Å². The molecule has 1 atom stereocenters. The van der Waals surface area contributed by atoms with E-state index in [0.29, 0.717) is 18.2 Å². The van der Waals surface area contributed by atoms with Gasteiger partial charge in [-0.3, -0.25) is 9.69 Å². The maximum absolute atomic E-state index is 11.0. The highest BCUT2D eigenvalue weighted by Crippen LogP contribution is 2.46. The lowest BCUT2D eigenvalue weighted by Gasteiger charge is -2.31. The van der Waals surface area contributed by atoms with Gasteiger partial charge >= 0.3 is 5.97 Å². The molecule has 0 aromatic heterocycles. The maximum Gasteiger partial charge on any atom is 0.317 e. The number of hydrogen-bond acceptors (Lipinski definition) is 3. The molecule has 0 saturated heterocycles. The van der Waals surface area contributed by atoms with Crippen molar-refractivity contribution in [3.05, 3.63) is 94.0 Å². The summed E-state index contributed by atoms with van der Waals surface area (Å²) in [6, 6.07) is 23.0. The van der Waals surface area contributed by atoms with E-state index in [1.165, 1.54) is 27.8 Å². The summed E-state index contributed by atoms with van der Waals surface area (Å²) in [6.45, 7) is 3.36. The molecule has 32 heavy (non-hydrogen) atoms. The van der Waals surface area contributed by atoms with Gasteiger partial charge in [-0.2, -0.15) is 0 Å². The summed E-state index contributed by atoms with van der Waals surface area (Å²) in [5, 5.41) is 9.73. The van der Waals surface area contributed by atoms with Crippen molar-refractivity contribution in [1.29, 1.82) is 0 Å². The number of benzene rings is 3. The minimum atomic E-state index is -0.814. The molecular weight excluding hydrogens is 422 g/mol. The molecule has 0 radical (unpaired) electrons. The second-order valence-electron chi connectivity index (χ2n) is 8.60. The lowest BCUT2D eigenvalue weighted by atomic mass is 9.81. The van der Waals surface area contributed by atoms with Crippen molar-refractivity contribution >= 4 is 17.6 Å². The van der Waals surface area contributed by atoms with Crippen molar-refractivity contribution in [2.75, 3.05) is 20.1 Å². The first-order valence-electron chi connectivity index (χ1n) is 10.9. The minimum Gasteiger partial charge on any atom is -0.480 e. The van der Waals surface area contributed by atoms with Crippen LogP contribution < -0.4 is 0 Å². The second-order valence-corrected chi connectivity index (χ2v) is 9.04. The van der Waals surface area contributed by atoms with Gasteiger partial charge in [0, 0.05) is 5.02 Å². The predicted molar refractivity (Wildman–Crippen MR) is 128 cm³/mol. The van der Waals surface area contributed by atoms with E-state index in [0.717, 1.165) is 18.4 Å². The monoisotopic (exact) mass is 449 g/mol. The van der Waals surface area contributed by atoms with Crippen molar-refractivity contribution in [3.63, 3.8) is 0 Å². The van der Waals surface area contributed by atoms with Crippen LogP contribution in [-0.4, -0.2) is 36.1 Å². The second kappa shape index (κ2) is 9.45. The van der Waals surface area contributed by atoms with E-state index >= 15 is 0 Å². The number of aliphatic carboxylic acids is 1. The number of rotatable bonds is 8. The number of likely N-dealkylation sites (N-methyl/N-ethyl adjacent to an activating group) is 1. The van der Waals surface area contributed by atoms with Crippen LogP contribution in [0.1, 0.15) is 35.1 Å². The molecule has 1 aliphatic heterocycles. The van der Waals surface area contributed by atoms with Gasteiger partial charge in [-0.1, -0.05) is 65.7 Å². The molecule has 1 heterocycles. The Kier molecular flexibility index (Phi) is 6.66. The van der Waals surface area contributed by atoms with Crippen LogP contribution >= 0.6 is 11.6 Å². The number of carboxylic acid groups (broad SMARTS) is 1. The van der Waals surface area contributed by atoms with Crippen LogP contribution in [0.15, 0.2) is 66.7 Å². The topological polar surface area (TPSA) is 49.8 Å². The van der Waals surface area contributed by atoms with Gasteiger partial charge in [0.2, 0.25) is 0 Å². The fourth-order valence-corrected chi connectivity index (χ4v) is 4.73. The van der Waals surface area contributed by atoms with E-state index in [1.54, 1.807) is 0 Å². The standard InChI is InChI=1S/C27H28ClNO3/c1-19-5-3-6-20(15-19)21-7-12-25-22(16-21)18-32-27(25,23-8-10-24(28)11-9-23)13-4-14-29(2)17-26(30)31/h3,5-12,15-16H,4,13-14,17-18H2,1-2H3,(H,30,31). The minimum absolute atomic E-state index is 0.0330. The molecule has 3 aromatic carbocycles. The van der Waals surface area contributed by atoms with Gasteiger partial charge in [-0.25, -0.2) is 0 Å². The Bertz CT molecular complexity index is 1110. The SMILES string of the molecule is Cc1cccc(-c2ccc3c(c2)COC3(CCCN(C)CC(=O)O)c2ccc(Cl)cc2)c1. The summed E-state index contributed by atoms with van der Waals surface area (Å²) in [4.78, 5) is 12.8. The highest BCUT2D eigenvalue weighted by molar-refractivity contribution is 6.30. The highest BCUT2D eigenvalue weighted by atomic mass is 35.5. The Labute approximate surface area is 194 Å². The first-order valence-corrected chi connectivity index (χ1v) is 11.3. The number of hydrogen-bond donors (Lipinski definition) is 1. The van der Waals surface area contributed by atoms with Gasteiger partial charge < -0.3 is 9.84 Å². The third kappa shape index (κ3) is 4.73. The van der Waals surface area contributed by atoms with Gasteiger partial charge in [0.05, 0.1) is 13.2 Å². The molecule has 0 aliphatic carbocycles. The van der Waals surface area contributed by atoms with Crippen LogP contribution in [0.5, 0.6) is 0 Å². The number of fused-ring (bicyclic) bond motifs is 1. The lowest BCUT2D eigenvalue weighted by molar-refractivity contribution is -0.138. The normalized spacial score (nSPS) is 17.5. The molecule has 166 valence electrons.